The van der Waals surface area contributed by atoms with Crippen LogP contribution in [0.25, 0.3) is 22.3 Å². The molecule has 2 nitrogen and oxygen atoms in total. The number of hydrogen-bond acceptors (Lipinski definition) is 2. The molecule has 44 heavy (non-hydrogen) atoms. The second-order valence-corrected chi connectivity index (χ2v) is 13.6. The average molecular weight is 704 g/mol. The Morgan fingerprint density at radius 1 is 0.500 bits per heavy atom. The molecule has 0 N–H and O–H groups in total. The maximum absolute atomic E-state index is 6.53. The zero-order chi connectivity index (χ0) is 30.7. The van der Waals surface area contributed by atoms with E-state index >= 15 is 0 Å². The summed E-state index contributed by atoms with van der Waals surface area (Å²) < 4.78 is 8.50. The fourth-order valence-electron chi connectivity index (χ4n) is 5.34. The van der Waals surface area contributed by atoms with E-state index < -0.39 is 0 Å². The van der Waals surface area contributed by atoms with Crippen molar-refractivity contribution in [3.8, 4) is 33.8 Å². The van der Waals surface area contributed by atoms with Gasteiger partial charge in [-0.3, -0.25) is 0 Å². The van der Waals surface area contributed by atoms with E-state index in [0.717, 1.165) is 59.8 Å². The lowest BCUT2D eigenvalue weighted by atomic mass is 9.86. The van der Waals surface area contributed by atoms with Crippen molar-refractivity contribution in [2.24, 2.45) is 0 Å². The van der Waals surface area contributed by atoms with Gasteiger partial charge in [0, 0.05) is 26.3 Å². The van der Waals surface area contributed by atoms with E-state index in [9.17, 15) is 0 Å². The van der Waals surface area contributed by atoms with Crippen LogP contribution in [0, 0.1) is 0 Å². The van der Waals surface area contributed by atoms with Crippen molar-refractivity contribution in [3.63, 3.8) is 0 Å². The number of anilines is 3. The van der Waals surface area contributed by atoms with Crippen LogP contribution < -0.4 is 9.64 Å². The van der Waals surface area contributed by atoms with Crippen LogP contribution in [-0.2, 0) is 5.41 Å². The Morgan fingerprint density at radius 2 is 1.09 bits per heavy atom. The Kier molecular flexibility index (Phi) is 8.74. The molecule has 6 rings (SSSR count). The minimum absolute atomic E-state index is 0.0293. The molecule has 0 aromatic heterocycles. The van der Waals surface area contributed by atoms with E-state index in [1.807, 2.05) is 24.3 Å². The molecule has 0 bridgehead atoms. The van der Waals surface area contributed by atoms with Gasteiger partial charge in [0.25, 0.3) is 0 Å². The second-order valence-electron chi connectivity index (χ2n) is 11.8. The lowest BCUT2D eigenvalue weighted by molar-refractivity contribution is 0.483. The summed E-state index contributed by atoms with van der Waals surface area (Å²) in [6.07, 6.45) is 0. The van der Waals surface area contributed by atoms with Gasteiger partial charge in [0.1, 0.15) is 11.5 Å². The molecule has 0 aliphatic carbocycles. The first-order valence-electron chi connectivity index (χ1n) is 14.6. The van der Waals surface area contributed by atoms with E-state index in [1.54, 1.807) is 0 Å². The second kappa shape index (κ2) is 12.9. The maximum atomic E-state index is 6.53. The highest BCUT2D eigenvalue weighted by molar-refractivity contribution is 9.10. The van der Waals surface area contributed by atoms with Crippen molar-refractivity contribution >= 4 is 48.9 Å². The van der Waals surface area contributed by atoms with Crippen molar-refractivity contribution in [1.29, 1.82) is 0 Å². The van der Waals surface area contributed by atoms with Crippen LogP contribution in [0.2, 0.25) is 0 Å². The molecule has 0 unspecified atom stereocenters. The van der Waals surface area contributed by atoms with E-state index in [4.69, 9.17) is 4.74 Å². The van der Waals surface area contributed by atoms with Gasteiger partial charge in [0.2, 0.25) is 0 Å². The minimum Gasteiger partial charge on any atom is -0.457 e. The number of ether oxygens (including phenoxy) is 1. The van der Waals surface area contributed by atoms with Crippen LogP contribution in [0.4, 0.5) is 17.1 Å². The summed E-state index contributed by atoms with van der Waals surface area (Å²) in [5.74, 6) is 1.52. The minimum atomic E-state index is -0.0293. The van der Waals surface area contributed by atoms with Crippen LogP contribution in [-0.4, -0.2) is 0 Å². The Balaban J connectivity index is 1.49. The molecule has 0 heterocycles. The highest BCUT2D eigenvalue weighted by Gasteiger charge is 2.22. The third kappa shape index (κ3) is 6.83. The molecule has 0 saturated heterocycles. The highest BCUT2D eigenvalue weighted by atomic mass is 79.9. The fourth-order valence-corrected chi connectivity index (χ4v) is 6.28. The molecule has 0 fully saturated rings. The number of nitrogens with zero attached hydrogens (tertiary/aromatic N) is 1. The van der Waals surface area contributed by atoms with Gasteiger partial charge in [-0.05, 0) is 76.2 Å². The largest absolute Gasteiger partial charge is 0.457 e. The fraction of sp³-hybridized carbons (Fsp3) is 0.100. The zero-order valence-electron chi connectivity index (χ0n) is 25.0. The first-order valence-corrected chi connectivity index (χ1v) is 16.2. The standard InChI is InChI=1S/C40H33Br2NO/c1-40(2,3)31-22-32(41)24-34(23-31)43(39-20-11-10-19-38(39)29-15-8-5-9-16-29)35-25-33(42)26-37(27-35)44-36-18-12-17-30(21-36)28-13-6-4-7-14-28/h4-27H,1-3H3. The number of para-hydroxylation sites is 1. The van der Waals surface area contributed by atoms with E-state index in [0.29, 0.717) is 0 Å². The molecule has 6 aromatic carbocycles. The van der Waals surface area contributed by atoms with Gasteiger partial charge >= 0.3 is 0 Å². The smallest absolute Gasteiger partial charge is 0.130 e. The van der Waals surface area contributed by atoms with E-state index in [2.05, 4.69) is 179 Å². The van der Waals surface area contributed by atoms with Gasteiger partial charge in [-0.1, -0.05) is 144 Å². The molecular formula is C40H33Br2NO. The average Bonchev–Trinajstić information content (AvgIpc) is 3.02. The summed E-state index contributed by atoms with van der Waals surface area (Å²) in [5.41, 5.74) is 8.89. The van der Waals surface area contributed by atoms with Crippen molar-refractivity contribution in [2.75, 3.05) is 4.90 Å². The summed E-state index contributed by atoms with van der Waals surface area (Å²) in [5, 5.41) is 0. The number of rotatable bonds is 7. The Morgan fingerprint density at radius 3 is 1.80 bits per heavy atom. The van der Waals surface area contributed by atoms with Gasteiger partial charge in [0.15, 0.2) is 0 Å². The first kappa shape index (κ1) is 29.9. The van der Waals surface area contributed by atoms with Crippen molar-refractivity contribution in [2.45, 2.75) is 26.2 Å². The molecule has 0 radical (unpaired) electrons. The van der Waals surface area contributed by atoms with Crippen LogP contribution in [0.1, 0.15) is 26.3 Å². The lowest BCUT2D eigenvalue weighted by Gasteiger charge is -2.30. The first-order chi connectivity index (χ1) is 21.2. The number of hydrogen-bond donors (Lipinski definition) is 0. The van der Waals surface area contributed by atoms with Crippen LogP contribution in [0.3, 0.4) is 0 Å². The Labute approximate surface area is 277 Å². The SMILES string of the molecule is CC(C)(C)c1cc(Br)cc(N(c2cc(Br)cc(Oc3cccc(-c4ccccc4)c3)c2)c2ccccc2-c2ccccc2)c1. The quantitative estimate of drug-likeness (QED) is 0.164. The van der Waals surface area contributed by atoms with Gasteiger partial charge in [-0.25, -0.2) is 0 Å². The topological polar surface area (TPSA) is 12.5 Å². The van der Waals surface area contributed by atoms with Crippen molar-refractivity contribution in [1.82, 2.24) is 0 Å². The number of benzene rings is 6. The maximum Gasteiger partial charge on any atom is 0.130 e. The number of halogens is 2. The molecule has 0 atom stereocenters. The van der Waals surface area contributed by atoms with Crippen molar-refractivity contribution in [3.05, 3.63) is 160 Å². The third-order valence-electron chi connectivity index (χ3n) is 7.53. The molecule has 0 aliphatic rings. The van der Waals surface area contributed by atoms with Gasteiger partial charge in [-0.2, -0.15) is 0 Å². The van der Waals surface area contributed by atoms with Gasteiger partial charge < -0.3 is 9.64 Å². The molecule has 218 valence electrons. The molecule has 0 saturated carbocycles. The highest BCUT2D eigenvalue weighted by Crippen LogP contribution is 2.45. The summed E-state index contributed by atoms with van der Waals surface area (Å²) in [6.45, 7) is 6.74. The summed E-state index contributed by atoms with van der Waals surface area (Å²) >= 11 is 7.62. The summed E-state index contributed by atoms with van der Waals surface area (Å²) in [4.78, 5) is 2.32. The summed E-state index contributed by atoms with van der Waals surface area (Å²) in [7, 11) is 0. The lowest BCUT2D eigenvalue weighted by Crippen LogP contribution is -2.15. The molecular weight excluding hydrogens is 670 g/mol. The molecule has 0 amide bonds. The van der Waals surface area contributed by atoms with E-state index in [-0.39, 0.29) is 5.41 Å². The predicted molar refractivity (Wildman–Crippen MR) is 193 cm³/mol. The molecule has 6 aromatic rings. The van der Waals surface area contributed by atoms with Gasteiger partial charge in [0.05, 0.1) is 11.4 Å². The van der Waals surface area contributed by atoms with Crippen molar-refractivity contribution < 1.29 is 4.74 Å². The van der Waals surface area contributed by atoms with Crippen LogP contribution in [0.15, 0.2) is 155 Å². The Hall–Kier alpha value is -4.12. The molecule has 4 heteroatoms. The summed E-state index contributed by atoms with van der Waals surface area (Å²) in [6, 6.07) is 50.7. The third-order valence-corrected chi connectivity index (χ3v) is 8.44. The predicted octanol–water partition coefficient (Wildman–Crippen LogP) is 13.1. The molecule has 0 aliphatic heterocycles. The van der Waals surface area contributed by atoms with Crippen LogP contribution in [0.5, 0.6) is 11.5 Å². The van der Waals surface area contributed by atoms with E-state index in [1.165, 1.54) is 5.56 Å². The Bertz CT molecular complexity index is 1900. The van der Waals surface area contributed by atoms with Crippen LogP contribution >= 0.6 is 31.9 Å². The monoisotopic (exact) mass is 701 g/mol. The normalized spacial score (nSPS) is 11.3. The molecule has 0 spiro atoms. The van der Waals surface area contributed by atoms with Gasteiger partial charge in [-0.15, -0.1) is 0 Å². The zero-order valence-corrected chi connectivity index (χ0v) is 28.1.